The topological polar surface area (TPSA) is 69.4 Å². The van der Waals surface area contributed by atoms with Gasteiger partial charge in [-0.3, -0.25) is 9.59 Å². The highest BCUT2D eigenvalue weighted by atomic mass is 16.6. The molecule has 132 valence electrons. The molecule has 4 nitrogen and oxygen atoms in total. The molecule has 2 atom stereocenters. The molecule has 24 heavy (non-hydrogen) atoms. The Morgan fingerprint density at radius 3 is 2.38 bits per heavy atom. The molecule has 1 aromatic carbocycles. The third kappa shape index (κ3) is 3.80. The zero-order valence-corrected chi connectivity index (χ0v) is 15.0. The summed E-state index contributed by atoms with van der Waals surface area (Å²) in [5.74, 6) is -1.22. The Bertz CT molecular complexity index is 570. The number of ketones is 1. The normalized spacial score (nSPS) is 21.4. The maximum atomic E-state index is 12.9. The van der Waals surface area contributed by atoms with E-state index in [9.17, 15) is 9.59 Å². The lowest BCUT2D eigenvalue weighted by atomic mass is 9.74. The number of hydrogen-bond acceptors (Lipinski definition) is 4. The molecule has 0 saturated carbocycles. The summed E-state index contributed by atoms with van der Waals surface area (Å²) in [6.45, 7) is 6.11. The summed E-state index contributed by atoms with van der Waals surface area (Å²) in [6, 6.07) is 7.47. The van der Waals surface area contributed by atoms with Gasteiger partial charge in [-0.2, -0.15) is 0 Å². The van der Waals surface area contributed by atoms with Crippen molar-refractivity contribution in [3.05, 3.63) is 29.8 Å². The number of esters is 1. The van der Waals surface area contributed by atoms with E-state index in [-0.39, 0.29) is 17.7 Å². The molecule has 2 N–H and O–H groups in total. The Hall–Kier alpha value is -1.84. The molecule has 1 saturated heterocycles. The molecule has 4 heteroatoms. The van der Waals surface area contributed by atoms with E-state index in [2.05, 4.69) is 13.8 Å². The predicted molar refractivity (Wildman–Crippen MR) is 95.6 cm³/mol. The van der Waals surface area contributed by atoms with Gasteiger partial charge in [-0.05, 0) is 37.0 Å². The zero-order chi connectivity index (χ0) is 17.7. The van der Waals surface area contributed by atoms with E-state index in [0.29, 0.717) is 18.5 Å². The second kappa shape index (κ2) is 7.82. The summed E-state index contributed by atoms with van der Waals surface area (Å²) >= 11 is 0. The second-order valence-corrected chi connectivity index (χ2v) is 6.91. The van der Waals surface area contributed by atoms with E-state index in [4.69, 9.17) is 10.5 Å². The van der Waals surface area contributed by atoms with Crippen LogP contribution in [0.25, 0.3) is 0 Å². The van der Waals surface area contributed by atoms with Crippen molar-refractivity contribution >= 4 is 17.4 Å². The van der Waals surface area contributed by atoms with Crippen molar-refractivity contribution in [3.8, 4) is 0 Å². The van der Waals surface area contributed by atoms with Crippen LogP contribution in [0.3, 0.4) is 0 Å². The summed E-state index contributed by atoms with van der Waals surface area (Å²) in [4.78, 5) is 25.7. The van der Waals surface area contributed by atoms with Crippen molar-refractivity contribution in [1.82, 2.24) is 0 Å². The third-order valence-electron chi connectivity index (χ3n) is 5.01. The van der Waals surface area contributed by atoms with Crippen molar-refractivity contribution < 1.29 is 14.3 Å². The SMILES string of the molecule is CCCC1(CCC)CC(=O)C(C(CC)c2cccc(N)c2)C(=O)O1. The van der Waals surface area contributed by atoms with E-state index in [1.54, 1.807) is 0 Å². The summed E-state index contributed by atoms with van der Waals surface area (Å²) in [7, 11) is 0. The van der Waals surface area contributed by atoms with Gasteiger partial charge in [-0.25, -0.2) is 0 Å². The number of Topliss-reactive ketones (excluding diaryl/α,β-unsaturated/α-hetero) is 1. The van der Waals surface area contributed by atoms with Crippen LogP contribution in [0.2, 0.25) is 0 Å². The summed E-state index contributed by atoms with van der Waals surface area (Å²) < 4.78 is 5.88. The summed E-state index contributed by atoms with van der Waals surface area (Å²) in [5.41, 5.74) is 6.86. The van der Waals surface area contributed by atoms with Crippen LogP contribution in [0.5, 0.6) is 0 Å². The molecule has 0 aromatic heterocycles. The number of hydrogen-bond donors (Lipinski definition) is 1. The van der Waals surface area contributed by atoms with Gasteiger partial charge in [-0.1, -0.05) is 45.7 Å². The first-order valence-electron chi connectivity index (χ1n) is 9.07. The predicted octanol–water partition coefficient (Wildman–Crippen LogP) is 4.23. The molecular formula is C20H29NO3. The van der Waals surface area contributed by atoms with Crippen LogP contribution >= 0.6 is 0 Å². The van der Waals surface area contributed by atoms with Gasteiger partial charge in [0, 0.05) is 18.0 Å². The number of carbonyl (C=O) groups excluding carboxylic acids is 2. The average molecular weight is 331 g/mol. The van der Waals surface area contributed by atoms with E-state index >= 15 is 0 Å². The van der Waals surface area contributed by atoms with E-state index in [1.807, 2.05) is 31.2 Å². The molecule has 0 spiro atoms. The molecule has 0 amide bonds. The first kappa shape index (κ1) is 18.5. The highest BCUT2D eigenvalue weighted by Crippen LogP contribution is 2.40. The molecule has 1 heterocycles. The number of cyclic esters (lactones) is 1. The first-order valence-corrected chi connectivity index (χ1v) is 9.07. The van der Waals surface area contributed by atoms with Crippen LogP contribution in [0.1, 0.15) is 70.8 Å². The number of nitrogens with two attached hydrogens (primary N) is 1. The molecule has 2 rings (SSSR count). The van der Waals surface area contributed by atoms with Crippen LogP contribution in [0.4, 0.5) is 5.69 Å². The van der Waals surface area contributed by atoms with E-state index in [0.717, 1.165) is 31.2 Å². The number of rotatable bonds is 7. The van der Waals surface area contributed by atoms with Crippen LogP contribution in [0.15, 0.2) is 24.3 Å². The minimum atomic E-state index is -0.710. The minimum Gasteiger partial charge on any atom is -0.458 e. The number of nitrogen functional groups attached to an aromatic ring is 1. The zero-order valence-electron chi connectivity index (χ0n) is 15.0. The number of anilines is 1. The molecule has 1 aliphatic heterocycles. The monoisotopic (exact) mass is 331 g/mol. The van der Waals surface area contributed by atoms with Gasteiger partial charge in [0.25, 0.3) is 0 Å². The highest BCUT2D eigenvalue weighted by molar-refractivity contribution is 6.02. The quantitative estimate of drug-likeness (QED) is 0.461. The molecule has 0 aliphatic carbocycles. The van der Waals surface area contributed by atoms with Crippen molar-refractivity contribution in [2.45, 2.75) is 70.8 Å². The highest BCUT2D eigenvalue weighted by Gasteiger charge is 2.48. The van der Waals surface area contributed by atoms with Gasteiger partial charge in [-0.15, -0.1) is 0 Å². The molecular weight excluding hydrogens is 302 g/mol. The van der Waals surface area contributed by atoms with Crippen molar-refractivity contribution in [2.75, 3.05) is 5.73 Å². The first-order chi connectivity index (χ1) is 11.5. The fraction of sp³-hybridized carbons (Fsp3) is 0.600. The molecule has 2 unspecified atom stereocenters. The Morgan fingerprint density at radius 2 is 1.88 bits per heavy atom. The van der Waals surface area contributed by atoms with Gasteiger partial charge in [0.1, 0.15) is 11.5 Å². The summed E-state index contributed by atoms with van der Waals surface area (Å²) in [5, 5.41) is 0. The van der Waals surface area contributed by atoms with Crippen molar-refractivity contribution in [3.63, 3.8) is 0 Å². The standard InChI is InChI=1S/C20H29NO3/c1-4-10-20(11-5-2)13-17(22)18(19(23)24-20)16(6-3)14-8-7-9-15(21)12-14/h7-9,12,16,18H,4-6,10-11,13,21H2,1-3H3. The number of benzene rings is 1. The molecule has 0 radical (unpaired) electrons. The number of ether oxygens (including phenoxy) is 1. The van der Waals surface area contributed by atoms with Crippen LogP contribution < -0.4 is 5.73 Å². The maximum absolute atomic E-state index is 12.9. The van der Waals surface area contributed by atoms with Crippen LogP contribution in [0, 0.1) is 5.92 Å². The van der Waals surface area contributed by atoms with E-state index in [1.165, 1.54) is 0 Å². The Labute approximate surface area is 144 Å². The van der Waals surface area contributed by atoms with Gasteiger partial charge in [0.2, 0.25) is 0 Å². The van der Waals surface area contributed by atoms with Crippen LogP contribution in [-0.2, 0) is 14.3 Å². The largest absolute Gasteiger partial charge is 0.458 e. The number of carbonyl (C=O) groups is 2. The van der Waals surface area contributed by atoms with E-state index < -0.39 is 11.5 Å². The smallest absolute Gasteiger partial charge is 0.317 e. The average Bonchev–Trinajstić information content (AvgIpc) is 2.51. The Balaban J connectivity index is 2.28. The van der Waals surface area contributed by atoms with Gasteiger partial charge < -0.3 is 10.5 Å². The third-order valence-corrected chi connectivity index (χ3v) is 5.01. The van der Waals surface area contributed by atoms with Gasteiger partial charge >= 0.3 is 5.97 Å². The maximum Gasteiger partial charge on any atom is 0.317 e. The Morgan fingerprint density at radius 1 is 1.21 bits per heavy atom. The Kier molecular flexibility index (Phi) is 6.03. The van der Waals surface area contributed by atoms with Gasteiger partial charge in [0.05, 0.1) is 0 Å². The molecule has 1 fully saturated rings. The lowest BCUT2D eigenvalue weighted by molar-refractivity contribution is -0.180. The van der Waals surface area contributed by atoms with Crippen LogP contribution in [-0.4, -0.2) is 17.4 Å². The fourth-order valence-corrected chi connectivity index (χ4v) is 4.03. The lowest BCUT2D eigenvalue weighted by Gasteiger charge is -2.40. The fourth-order valence-electron chi connectivity index (χ4n) is 4.03. The van der Waals surface area contributed by atoms with Crippen molar-refractivity contribution in [2.24, 2.45) is 5.92 Å². The van der Waals surface area contributed by atoms with Crippen molar-refractivity contribution in [1.29, 1.82) is 0 Å². The molecule has 1 aromatic rings. The molecule has 1 aliphatic rings. The molecule has 0 bridgehead atoms. The van der Waals surface area contributed by atoms with Gasteiger partial charge in [0.15, 0.2) is 5.78 Å². The summed E-state index contributed by atoms with van der Waals surface area (Å²) in [6.07, 6.45) is 4.34. The second-order valence-electron chi connectivity index (χ2n) is 6.91. The minimum absolute atomic E-state index is 0.0161. The lowest BCUT2D eigenvalue weighted by Crippen LogP contribution is -2.49.